The summed E-state index contributed by atoms with van der Waals surface area (Å²) in [6.07, 6.45) is 0.438. The highest BCUT2D eigenvalue weighted by Crippen LogP contribution is 2.07. The summed E-state index contributed by atoms with van der Waals surface area (Å²) >= 11 is 0. The third-order valence-electron chi connectivity index (χ3n) is 1.68. The number of amidine groups is 1. The van der Waals surface area contributed by atoms with Crippen LogP contribution in [-0.2, 0) is 0 Å². The van der Waals surface area contributed by atoms with Crippen LogP contribution in [0.4, 0.5) is 10.1 Å². The minimum atomic E-state index is -0.271. The molecule has 0 aliphatic heterocycles. The first-order valence-corrected chi connectivity index (χ1v) is 4.18. The van der Waals surface area contributed by atoms with E-state index in [1.165, 1.54) is 12.1 Å². The zero-order valence-corrected chi connectivity index (χ0v) is 7.57. The Kier molecular flexibility index (Phi) is 3.72. The highest BCUT2D eigenvalue weighted by molar-refractivity contribution is 5.80. The Morgan fingerprint density at radius 3 is 2.64 bits per heavy atom. The molecule has 0 aromatic heterocycles. The normalized spacial score (nSPS) is 11.4. The van der Waals surface area contributed by atoms with Crippen LogP contribution in [0.25, 0.3) is 0 Å². The Morgan fingerprint density at radius 1 is 1.43 bits per heavy atom. The number of hydrogen-bond donors (Lipinski definition) is 3. The molecule has 0 fully saturated rings. The zero-order chi connectivity index (χ0) is 10.4. The highest BCUT2D eigenvalue weighted by Gasteiger charge is 1.94. The molecule has 76 valence electrons. The molecule has 0 saturated carbocycles. The van der Waals surface area contributed by atoms with Crippen molar-refractivity contribution in [1.82, 2.24) is 0 Å². The minimum Gasteiger partial charge on any atom is -0.409 e. The second-order valence-corrected chi connectivity index (χ2v) is 2.78. The molecule has 0 aliphatic rings. The fraction of sp³-hybridized carbons (Fsp3) is 0.222. The number of oxime groups is 1. The van der Waals surface area contributed by atoms with Crippen LogP contribution >= 0.6 is 0 Å². The first-order valence-electron chi connectivity index (χ1n) is 4.18. The van der Waals surface area contributed by atoms with Crippen molar-refractivity contribution in [2.75, 3.05) is 11.9 Å². The molecule has 4 N–H and O–H groups in total. The number of benzene rings is 1. The van der Waals surface area contributed by atoms with Gasteiger partial charge in [0.2, 0.25) is 0 Å². The van der Waals surface area contributed by atoms with Crippen LogP contribution in [0.1, 0.15) is 6.42 Å². The topological polar surface area (TPSA) is 70.6 Å². The van der Waals surface area contributed by atoms with Gasteiger partial charge >= 0.3 is 0 Å². The van der Waals surface area contributed by atoms with E-state index in [9.17, 15) is 4.39 Å². The van der Waals surface area contributed by atoms with Crippen molar-refractivity contribution < 1.29 is 9.60 Å². The third kappa shape index (κ3) is 3.30. The Labute approximate surface area is 81.2 Å². The molecule has 14 heavy (non-hydrogen) atoms. The van der Waals surface area contributed by atoms with Gasteiger partial charge < -0.3 is 16.3 Å². The molecular weight excluding hydrogens is 185 g/mol. The van der Waals surface area contributed by atoms with Crippen LogP contribution in [0.15, 0.2) is 29.4 Å². The molecule has 0 radical (unpaired) electrons. The van der Waals surface area contributed by atoms with E-state index in [0.717, 1.165) is 5.69 Å². The van der Waals surface area contributed by atoms with E-state index in [0.29, 0.717) is 13.0 Å². The number of nitrogens with one attached hydrogen (secondary N) is 1. The number of anilines is 1. The molecule has 0 atom stereocenters. The average Bonchev–Trinajstić information content (AvgIpc) is 2.21. The van der Waals surface area contributed by atoms with Crippen molar-refractivity contribution >= 4 is 11.5 Å². The van der Waals surface area contributed by atoms with E-state index < -0.39 is 0 Å². The molecule has 0 heterocycles. The summed E-state index contributed by atoms with van der Waals surface area (Å²) < 4.78 is 12.5. The van der Waals surface area contributed by atoms with E-state index in [1.807, 2.05) is 0 Å². The third-order valence-corrected chi connectivity index (χ3v) is 1.68. The number of rotatable bonds is 4. The second kappa shape index (κ2) is 5.06. The molecular formula is C9H12FN3O. The van der Waals surface area contributed by atoms with Gasteiger partial charge in [-0.2, -0.15) is 0 Å². The van der Waals surface area contributed by atoms with Gasteiger partial charge in [-0.15, -0.1) is 0 Å². The van der Waals surface area contributed by atoms with Crippen molar-refractivity contribution in [3.8, 4) is 0 Å². The molecule has 0 saturated heterocycles. The quantitative estimate of drug-likeness (QED) is 0.295. The van der Waals surface area contributed by atoms with Crippen molar-refractivity contribution in [1.29, 1.82) is 0 Å². The van der Waals surface area contributed by atoms with E-state index >= 15 is 0 Å². The standard InChI is InChI=1S/C9H12FN3O/c10-7-1-3-8(4-2-7)12-6-5-9(11)13-14/h1-4,12,14H,5-6H2,(H2,11,13). The fourth-order valence-electron chi connectivity index (χ4n) is 0.953. The lowest BCUT2D eigenvalue weighted by molar-refractivity contribution is 0.317. The Balaban J connectivity index is 2.35. The second-order valence-electron chi connectivity index (χ2n) is 2.78. The molecule has 1 aromatic carbocycles. The summed E-state index contributed by atoms with van der Waals surface area (Å²) in [5.74, 6) is -0.105. The van der Waals surface area contributed by atoms with Crippen LogP contribution in [0.2, 0.25) is 0 Å². The first kappa shape index (κ1) is 10.3. The van der Waals surface area contributed by atoms with Gasteiger partial charge in [-0.25, -0.2) is 4.39 Å². The van der Waals surface area contributed by atoms with Crippen LogP contribution in [0.5, 0.6) is 0 Å². The summed E-state index contributed by atoms with van der Waals surface area (Å²) in [4.78, 5) is 0. The number of nitrogens with two attached hydrogens (primary N) is 1. The van der Waals surface area contributed by atoms with E-state index in [4.69, 9.17) is 10.9 Å². The largest absolute Gasteiger partial charge is 0.409 e. The van der Waals surface area contributed by atoms with Crippen LogP contribution in [0.3, 0.4) is 0 Å². The summed E-state index contributed by atoms with van der Waals surface area (Å²) in [6, 6.07) is 5.99. The van der Waals surface area contributed by atoms with Gasteiger partial charge in [0.15, 0.2) is 0 Å². The van der Waals surface area contributed by atoms with Crippen molar-refractivity contribution in [2.24, 2.45) is 10.9 Å². The van der Waals surface area contributed by atoms with Crippen molar-refractivity contribution in [3.63, 3.8) is 0 Å². The molecule has 1 aromatic rings. The van der Waals surface area contributed by atoms with Gasteiger partial charge in [-0.05, 0) is 24.3 Å². The summed E-state index contributed by atoms with van der Waals surface area (Å²) in [6.45, 7) is 0.543. The molecule has 5 heteroatoms. The summed E-state index contributed by atoms with van der Waals surface area (Å²) in [5, 5.41) is 14.1. The summed E-state index contributed by atoms with van der Waals surface area (Å²) in [5.41, 5.74) is 6.06. The van der Waals surface area contributed by atoms with Gasteiger partial charge in [0, 0.05) is 18.7 Å². The van der Waals surface area contributed by atoms with Crippen molar-refractivity contribution in [3.05, 3.63) is 30.1 Å². The lowest BCUT2D eigenvalue weighted by Crippen LogP contribution is -2.16. The molecule has 0 bridgehead atoms. The predicted octanol–water partition coefficient (Wildman–Crippen LogP) is 1.37. The number of halogens is 1. The maximum Gasteiger partial charge on any atom is 0.140 e. The van der Waals surface area contributed by atoms with E-state index in [1.54, 1.807) is 12.1 Å². The number of nitrogens with zero attached hydrogens (tertiary/aromatic N) is 1. The van der Waals surface area contributed by atoms with E-state index in [2.05, 4.69) is 10.5 Å². The smallest absolute Gasteiger partial charge is 0.140 e. The molecule has 1 rings (SSSR count). The zero-order valence-electron chi connectivity index (χ0n) is 7.57. The van der Waals surface area contributed by atoms with Crippen LogP contribution in [-0.4, -0.2) is 17.6 Å². The minimum absolute atomic E-state index is 0.166. The molecule has 0 aliphatic carbocycles. The Morgan fingerprint density at radius 2 is 2.07 bits per heavy atom. The predicted molar refractivity (Wildman–Crippen MR) is 52.9 cm³/mol. The van der Waals surface area contributed by atoms with Crippen LogP contribution in [0, 0.1) is 5.82 Å². The van der Waals surface area contributed by atoms with Crippen molar-refractivity contribution in [2.45, 2.75) is 6.42 Å². The first-order chi connectivity index (χ1) is 6.72. The van der Waals surface area contributed by atoms with Gasteiger partial charge in [0.05, 0.1) is 0 Å². The lowest BCUT2D eigenvalue weighted by atomic mass is 10.3. The van der Waals surface area contributed by atoms with Gasteiger partial charge in [-0.3, -0.25) is 0 Å². The SMILES string of the molecule is NC(CCNc1ccc(F)cc1)=NO. The maximum atomic E-state index is 12.5. The number of hydrogen-bond acceptors (Lipinski definition) is 3. The molecule has 0 amide bonds. The molecule has 0 unspecified atom stereocenters. The Bertz CT molecular complexity index is 310. The average molecular weight is 197 g/mol. The molecule has 4 nitrogen and oxygen atoms in total. The monoisotopic (exact) mass is 197 g/mol. The maximum absolute atomic E-state index is 12.5. The van der Waals surface area contributed by atoms with Gasteiger partial charge in [-0.1, -0.05) is 5.16 Å². The van der Waals surface area contributed by atoms with E-state index in [-0.39, 0.29) is 11.7 Å². The van der Waals surface area contributed by atoms with Gasteiger partial charge in [0.1, 0.15) is 11.7 Å². The van der Waals surface area contributed by atoms with Gasteiger partial charge in [0.25, 0.3) is 0 Å². The molecule has 0 spiro atoms. The van der Waals surface area contributed by atoms with Crippen LogP contribution < -0.4 is 11.1 Å². The fourth-order valence-corrected chi connectivity index (χ4v) is 0.953. The lowest BCUT2D eigenvalue weighted by Gasteiger charge is -2.04. The Hall–Kier alpha value is -1.78. The highest BCUT2D eigenvalue weighted by atomic mass is 19.1. The summed E-state index contributed by atoms with van der Waals surface area (Å²) in [7, 11) is 0.